The second-order valence-corrected chi connectivity index (χ2v) is 5.93. The molecule has 2 aromatic carbocycles. The molecule has 0 aliphatic rings. The molecule has 0 amide bonds. The Balaban J connectivity index is 1.89. The maximum atomic E-state index is 14.0. The van der Waals surface area contributed by atoms with Gasteiger partial charge in [-0.05, 0) is 42.5 Å². The average Bonchev–Trinajstić information content (AvgIpc) is 2.64. The molecule has 138 valence electrons. The summed E-state index contributed by atoms with van der Waals surface area (Å²) in [5.41, 5.74) is 1.48. The molecule has 27 heavy (non-hydrogen) atoms. The van der Waals surface area contributed by atoms with Gasteiger partial charge in [-0.15, -0.1) is 0 Å². The van der Waals surface area contributed by atoms with Gasteiger partial charge in [-0.2, -0.15) is 0 Å². The maximum Gasteiger partial charge on any atom is 0.322 e. The number of phenols is 1. The molecule has 0 saturated carbocycles. The normalized spacial score (nSPS) is 10.4. The third kappa shape index (κ3) is 4.62. The highest BCUT2D eigenvalue weighted by atomic mass is 35.5. The van der Waals surface area contributed by atoms with Gasteiger partial charge in [-0.1, -0.05) is 11.6 Å². The van der Waals surface area contributed by atoms with Gasteiger partial charge in [-0.25, -0.2) is 14.4 Å². The Morgan fingerprint density at radius 3 is 2.74 bits per heavy atom. The summed E-state index contributed by atoms with van der Waals surface area (Å²) >= 11 is 5.75. The Bertz CT molecular complexity index is 1000. The van der Waals surface area contributed by atoms with Crippen molar-refractivity contribution in [3.8, 4) is 17.0 Å². The van der Waals surface area contributed by atoms with Crippen LogP contribution in [0.3, 0.4) is 0 Å². The van der Waals surface area contributed by atoms with E-state index in [1.165, 1.54) is 24.4 Å². The van der Waals surface area contributed by atoms with Crippen LogP contribution in [0.1, 0.15) is 0 Å². The van der Waals surface area contributed by atoms with Crippen molar-refractivity contribution in [2.24, 2.45) is 0 Å². The summed E-state index contributed by atoms with van der Waals surface area (Å²) in [5.74, 6) is -1.50. The minimum Gasteiger partial charge on any atom is -0.507 e. The van der Waals surface area contributed by atoms with Crippen molar-refractivity contribution >= 4 is 34.9 Å². The highest BCUT2D eigenvalue weighted by Gasteiger charge is 2.11. The van der Waals surface area contributed by atoms with E-state index in [1.807, 2.05) is 0 Å². The molecular weight excluding hydrogens is 375 g/mol. The summed E-state index contributed by atoms with van der Waals surface area (Å²) < 4.78 is 14.0. The van der Waals surface area contributed by atoms with Gasteiger partial charge in [0.25, 0.3) is 0 Å². The molecule has 7 nitrogen and oxygen atoms in total. The lowest BCUT2D eigenvalue weighted by molar-refractivity contribution is -0.134. The minimum atomic E-state index is -1.05. The van der Waals surface area contributed by atoms with Crippen LogP contribution in [0, 0.1) is 5.82 Å². The van der Waals surface area contributed by atoms with Crippen LogP contribution in [-0.2, 0) is 4.79 Å². The lowest BCUT2D eigenvalue weighted by Crippen LogP contribution is -2.14. The van der Waals surface area contributed by atoms with Crippen molar-refractivity contribution in [1.82, 2.24) is 9.97 Å². The smallest absolute Gasteiger partial charge is 0.322 e. The monoisotopic (exact) mass is 388 g/mol. The lowest BCUT2D eigenvalue weighted by atomic mass is 10.1. The van der Waals surface area contributed by atoms with Gasteiger partial charge in [0.05, 0.1) is 11.4 Å². The van der Waals surface area contributed by atoms with Gasteiger partial charge < -0.3 is 20.8 Å². The van der Waals surface area contributed by atoms with Crippen LogP contribution in [0.15, 0.2) is 48.7 Å². The van der Waals surface area contributed by atoms with Gasteiger partial charge in [0.2, 0.25) is 5.95 Å². The molecular formula is C18H14ClFN4O3. The van der Waals surface area contributed by atoms with Crippen LogP contribution in [0.4, 0.5) is 21.7 Å². The number of anilines is 3. The van der Waals surface area contributed by atoms with Gasteiger partial charge in [0, 0.05) is 22.5 Å². The van der Waals surface area contributed by atoms with E-state index in [1.54, 1.807) is 24.3 Å². The van der Waals surface area contributed by atoms with Crippen LogP contribution in [0.5, 0.6) is 5.75 Å². The first kappa shape index (κ1) is 18.4. The van der Waals surface area contributed by atoms with Crippen molar-refractivity contribution in [2.45, 2.75) is 0 Å². The number of aromatic hydroxyl groups is 1. The van der Waals surface area contributed by atoms with Gasteiger partial charge in [-0.3, -0.25) is 4.79 Å². The van der Waals surface area contributed by atoms with E-state index in [4.69, 9.17) is 16.7 Å². The molecule has 9 heteroatoms. The van der Waals surface area contributed by atoms with E-state index >= 15 is 0 Å². The first-order valence-electron chi connectivity index (χ1n) is 7.76. The number of benzene rings is 2. The molecule has 0 spiro atoms. The Morgan fingerprint density at radius 2 is 2.00 bits per heavy atom. The number of aromatic nitrogens is 2. The lowest BCUT2D eigenvalue weighted by Gasteiger charge is -2.11. The zero-order chi connectivity index (χ0) is 19.4. The van der Waals surface area contributed by atoms with Crippen molar-refractivity contribution < 1.29 is 19.4 Å². The molecule has 0 saturated heterocycles. The fourth-order valence-corrected chi connectivity index (χ4v) is 2.47. The van der Waals surface area contributed by atoms with E-state index in [9.17, 15) is 14.3 Å². The summed E-state index contributed by atoms with van der Waals surface area (Å²) in [4.78, 5) is 18.8. The van der Waals surface area contributed by atoms with Gasteiger partial charge >= 0.3 is 5.97 Å². The van der Waals surface area contributed by atoms with Gasteiger partial charge in [0.15, 0.2) is 0 Å². The second-order valence-electron chi connectivity index (χ2n) is 5.49. The zero-order valence-electron chi connectivity index (χ0n) is 13.8. The number of nitrogens with zero attached hydrogens (tertiary/aromatic N) is 2. The third-order valence-electron chi connectivity index (χ3n) is 3.54. The van der Waals surface area contributed by atoms with E-state index in [0.29, 0.717) is 16.9 Å². The molecule has 4 N–H and O–H groups in total. The SMILES string of the molecule is O=C(O)CNc1nccc(-c2cc(Nc3ccc(Cl)cc3F)ccc2O)n1. The first-order chi connectivity index (χ1) is 12.9. The molecule has 3 rings (SSSR count). The fraction of sp³-hybridized carbons (Fsp3) is 0.0556. The van der Waals surface area contributed by atoms with E-state index in [0.717, 1.165) is 0 Å². The standard InChI is InChI=1S/C18H14ClFN4O3/c19-10-1-3-15(13(20)7-10)23-11-2-4-16(25)12(8-11)14-5-6-21-18(24-14)22-9-17(26)27/h1-8,23,25H,9H2,(H,26,27)(H,21,22,24). The fourth-order valence-electron chi connectivity index (χ4n) is 2.31. The van der Waals surface area contributed by atoms with Crippen molar-refractivity contribution in [1.29, 1.82) is 0 Å². The predicted octanol–water partition coefficient (Wildman–Crippen LogP) is 3.88. The zero-order valence-corrected chi connectivity index (χ0v) is 14.5. The Kier molecular flexibility index (Phi) is 5.37. The third-order valence-corrected chi connectivity index (χ3v) is 3.77. The topological polar surface area (TPSA) is 107 Å². The average molecular weight is 389 g/mol. The molecule has 0 radical (unpaired) electrons. The van der Waals surface area contributed by atoms with Crippen molar-refractivity contribution in [2.75, 3.05) is 17.2 Å². The number of phenolic OH excluding ortho intramolecular Hbond substituents is 1. The molecule has 3 aromatic rings. The molecule has 0 bridgehead atoms. The molecule has 1 heterocycles. The second kappa shape index (κ2) is 7.88. The van der Waals surface area contributed by atoms with Crippen molar-refractivity contribution in [3.05, 3.63) is 59.5 Å². The number of halogens is 2. The molecule has 1 aromatic heterocycles. The van der Waals surface area contributed by atoms with Crippen LogP contribution in [-0.4, -0.2) is 32.7 Å². The van der Waals surface area contributed by atoms with Crippen LogP contribution in [0.2, 0.25) is 5.02 Å². The summed E-state index contributed by atoms with van der Waals surface area (Å²) in [6, 6.07) is 10.4. The largest absolute Gasteiger partial charge is 0.507 e. The molecule has 0 aliphatic heterocycles. The van der Waals surface area contributed by atoms with Crippen LogP contribution in [0.25, 0.3) is 11.3 Å². The Labute approximate surface area is 158 Å². The summed E-state index contributed by atoms with van der Waals surface area (Å²) in [6.07, 6.45) is 1.44. The number of rotatable bonds is 6. The number of hydrogen-bond acceptors (Lipinski definition) is 6. The van der Waals surface area contributed by atoms with E-state index in [2.05, 4.69) is 20.6 Å². The molecule has 0 aliphatic carbocycles. The van der Waals surface area contributed by atoms with E-state index < -0.39 is 11.8 Å². The van der Waals surface area contributed by atoms with Crippen LogP contribution < -0.4 is 10.6 Å². The number of carbonyl (C=O) groups is 1. The molecule has 0 unspecified atom stereocenters. The number of carboxylic acid groups (broad SMARTS) is 1. The summed E-state index contributed by atoms with van der Waals surface area (Å²) in [5, 5.41) is 24.6. The quantitative estimate of drug-likeness (QED) is 0.474. The number of hydrogen-bond donors (Lipinski definition) is 4. The number of aliphatic carboxylic acids is 1. The summed E-state index contributed by atoms with van der Waals surface area (Å²) in [6.45, 7) is -0.340. The Morgan fingerprint density at radius 1 is 1.19 bits per heavy atom. The molecule has 0 fully saturated rings. The van der Waals surface area contributed by atoms with Crippen molar-refractivity contribution in [3.63, 3.8) is 0 Å². The van der Waals surface area contributed by atoms with Gasteiger partial charge in [0.1, 0.15) is 18.1 Å². The number of nitrogens with one attached hydrogen (secondary N) is 2. The predicted molar refractivity (Wildman–Crippen MR) is 100.0 cm³/mol. The van der Waals surface area contributed by atoms with Crippen LogP contribution >= 0.6 is 11.6 Å². The summed E-state index contributed by atoms with van der Waals surface area (Å²) in [7, 11) is 0. The first-order valence-corrected chi connectivity index (χ1v) is 8.14. The number of carboxylic acids is 1. The van der Waals surface area contributed by atoms with E-state index in [-0.39, 0.29) is 29.0 Å². The molecule has 0 atom stereocenters. The minimum absolute atomic E-state index is 0.0417. The highest BCUT2D eigenvalue weighted by Crippen LogP contribution is 2.32. The maximum absolute atomic E-state index is 14.0. The highest BCUT2D eigenvalue weighted by molar-refractivity contribution is 6.30. The Hall–Kier alpha value is -3.39.